The summed E-state index contributed by atoms with van der Waals surface area (Å²) in [5.41, 5.74) is 1.60. The Bertz CT molecular complexity index is 732. The number of carbonyl (C=O) groups is 2. The van der Waals surface area contributed by atoms with Gasteiger partial charge in [0.15, 0.2) is 0 Å². The Morgan fingerprint density at radius 2 is 1.83 bits per heavy atom. The molecule has 4 nitrogen and oxygen atoms in total. The number of halogens is 2. The van der Waals surface area contributed by atoms with E-state index in [9.17, 15) is 9.59 Å². The lowest BCUT2D eigenvalue weighted by Gasteiger charge is -2.09. The smallest absolute Gasteiger partial charge is 0.339 e. The van der Waals surface area contributed by atoms with E-state index < -0.39 is 5.97 Å². The topological polar surface area (TPSA) is 55.4 Å². The van der Waals surface area contributed by atoms with Crippen molar-refractivity contribution in [2.45, 2.75) is 12.8 Å². The van der Waals surface area contributed by atoms with E-state index in [0.717, 1.165) is 5.56 Å². The summed E-state index contributed by atoms with van der Waals surface area (Å²) in [6.45, 7) is 0. The summed E-state index contributed by atoms with van der Waals surface area (Å²) in [5.74, 6) is -0.731. The van der Waals surface area contributed by atoms with Crippen LogP contribution in [0.2, 0.25) is 10.0 Å². The first-order chi connectivity index (χ1) is 11.0. The largest absolute Gasteiger partial charge is 0.465 e. The van der Waals surface area contributed by atoms with Crippen molar-refractivity contribution >= 4 is 40.8 Å². The van der Waals surface area contributed by atoms with Crippen LogP contribution in [0, 0.1) is 0 Å². The van der Waals surface area contributed by atoms with Gasteiger partial charge in [-0.15, -0.1) is 0 Å². The quantitative estimate of drug-likeness (QED) is 0.814. The zero-order valence-corrected chi connectivity index (χ0v) is 13.9. The Hall–Kier alpha value is -2.04. The molecule has 23 heavy (non-hydrogen) atoms. The molecule has 0 radical (unpaired) electrons. The van der Waals surface area contributed by atoms with Crippen molar-refractivity contribution in [2.24, 2.45) is 0 Å². The monoisotopic (exact) mass is 351 g/mol. The van der Waals surface area contributed by atoms with Crippen LogP contribution in [0.1, 0.15) is 22.3 Å². The van der Waals surface area contributed by atoms with Crippen LogP contribution in [0.4, 0.5) is 5.69 Å². The molecule has 120 valence electrons. The van der Waals surface area contributed by atoms with Crippen LogP contribution >= 0.6 is 23.2 Å². The first-order valence-corrected chi connectivity index (χ1v) is 7.68. The number of hydrogen-bond donors (Lipinski definition) is 1. The normalized spacial score (nSPS) is 10.2. The Morgan fingerprint density at radius 3 is 2.52 bits per heavy atom. The third-order valence-corrected chi connectivity index (χ3v) is 3.93. The van der Waals surface area contributed by atoms with Gasteiger partial charge in [0.05, 0.1) is 17.7 Å². The number of rotatable bonds is 5. The molecule has 2 rings (SSSR count). The standard InChI is InChI=1S/C17H15Cl2NO3/c1-23-17(22)13-10-12(7-8-15(13)19)20-16(21)9-6-11-4-2-3-5-14(11)18/h2-5,7-8,10H,6,9H2,1H3,(H,20,21). The fourth-order valence-electron chi connectivity index (χ4n) is 2.04. The number of nitrogens with one attached hydrogen (secondary N) is 1. The molecule has 0 atom stereocenters. The number of amides is 1. The maximum absolute atomic E-state index is 12.0. The van der Waals surface area contributed by atoms with E-state index in [-0.39, 0.29) is 22.9 Å². The minimum atomic E-state index is -0.554. The second-order valence-electron chi connectivity index (χ2n) is 4.83. The molecule has 0 heterocycles. The predicted molar refractivity (Wildman–Crippen MR) is 91.2 cm³/mol. The number of ether oxygens (including phenoxy) is 1. The first-order valence-electron chi connectivity index (χ1n) is 6.92. The average molecular weight is 352 g/mol. The molecule has 0 spiro atoms. The van der Waals surface area contributed by atoms with E-state index in [1.165, 1.54) is 19.2 Å². The maximum atomic E-state index is 12.0. The van der Waals surface area contributed by atoms with Gasteiger partial charge >= 0.3 is 5.97 Å². The Morgan fingerprint density at radius 1 is 1.09 bits per heavy atom. The third kappa shape index (κ3) is 4.71. The van der Waals surface area contributed by atoms with E-state index in [4.69, 9.17) is 23.2 Å². The third-order valence-electron chi connectivity index (χ3n) is 3.23. The van der Waals surface area contributed by atoms with Gasteiger partial charge in [-0.05, 0) is 36.2 Å². The highest BCUT2D eigenvalue weighted by molar-refractivity contribution is 6.33. The number of hydrogen-bond acceptors (Lipinski definition) is 3. The summed E-state index contributed by atoms with van der Waals surface area (Å²) < 4.78 is 4.64. The van der Waals surface area contributed by atoms with Crippen molar-refractivity contribution < 1.29 is 14.3 Å². The minimum absolute atomic E-state index is 0.178. The highest BCUT2D eigenvalue weighted by Gasteiger charge is 2.12. The fourth-order valence-corrected chi connectivity index (χ4v) is 2.47. The number of aryl methyl sites for hydroxylation is 1. The summed E-state index contributed by atoms with van der Waals surface area (Å²) in [6, 6.07) is 12.0. The van der Waals surface area contributed by atoms with Gasteiger partial charge in [0, 0.05) is 17.1 Å². The van der Waals surface area contributed by atoms with Gasteiger partial charge in [0.1, 0.15) is 0 Å². The average Bonchev–Trinajstić information content (AvgIpc) is 2.55. The van der Waals surface area contributed by atoms with Crippen LogP contribution in [0.3, 0.4) is 0 Å². The molecule has 0 aromatic heterocycles. The molecular weight excluding hydrogens is 337 g/mol. The molecule has 0 saturated carbocycles. The molecule has 1 N–H and O–H groups in total. The van der Waals surface area contributed by atoms with Crippen molar-refractivity contribution in [3.05, 3.63) is 63.6 Å². The van der Waals surface area contributed by atoms with Gasteiger partial charge < -0.3 is 10.1 Å². The lowest BCUT2D eigenvalue weighted by molar-refractivity contribution is -0.116. The van der Waals surface area contributed by atoms with Crippen LogP contribution in [-0.4, -0.2) is 19.0 Å². The van der Waals surface area contributed by atoms with Gasteiger partial charge in [0.2, 0.25) is 5.91 Å². The van der Waals surface area contributed by atoms with Crippen LogP contribution in [-0.2, 0) is 16.0 Å². The van der Waals surface area contributed by atoms with Gasteiger partial charge in [-0.1, -0.05) is 41.4 Å². The van der Waals surface area contributed by atoms with Crippen molar-refractivity contribution in [2.75, 3.05) is 12.4 Å². The number of esters is 1. The molecule has 0 unspecified atom stereocenters. The van der Waals surface area contributed by atoms with Crippen LogP contribution in [0.15, 0.2) is 42.5 Å². The van der Waals surface area contributed by atoms with Gasteiger partial charge in [-0.2, -0.15) is 0 Å². The molecule has 0 aliphatic carbocycles. The van der Waals surface area contributed by atoms with Crippen molar-refractivity contribution in [3.63, 3.8) is 0 Å². The summed E-state index contributed by atoms with van der Waals surface area (Å²) in [7, 11) is 1.27. The fraction of sp³-hybridized carbons (Fsp3) is 0.176. The maximum Gasteiger partial charge on any atom is 0.339 e. The molecule has 0 saturated heterocycles. The molecule has 0 aliphatic heterocycles. The van der Waals surface area contributed by atoms with E-state index in [1.54, 1.807) is 12.1 Å². The molecule has 0 bridgehead atoms. The SMILES string of the molecule is COC(=O)c1cc(NC(=O)CCc2ccccc2Cl)ccc1Cl. The van der Waals surface area contributed by atoms with Gasteiger partial charge in [-0.25, -0.2) is 4.79 Å². The van der Waals surface area contributed by atoms with Crippen molar-refractivity contribution in [1.82, 2.24) is 0 Å². The zero-order valence-electron chi connectivity index (χ0n) is 12.4. The molecule has 1 amide bonds. The summed E-state index contributed by atoms with van der Waals surface area (Å²) in [4.78, 5) is 23.6. The molecule has 2 aromatic carbocycles. The molecule has 0 aliphatic rings. The van der Waals surface area contributed by atoms with Crippen molar-refractivity contribution in [3.8, 4) is 0 Å². The van der Waals surface area contributed by atoms with E-state index in [2.05, 4.69) is 10.1 Å². The van der Waals surface area contributed by atoms with Gasteiger partial charge in [0.25, 0.3) is 0 Å². The first kappa shape index (κ1) is 17.3. The highest BCUT2D eigenvalue weighted by atomic mass is 35.5. The van der Waals surface area contributed by atoms with E-state index >= 15 is 0 Å². The Labute approximate surface area is 144 Å². The molecule has 2 aromatic rings. The minimum Gasteiger partial charge on any atom is -0.465 e. The second kappa shape index (κ2) is 7.99. The van der Waals surface area contributed by atoms with Crippen LogP contribution in [0.25, 0.3) is 0 Å². The lowest BCUT2D eigenvalue weighted by atomic mass is 10.1. The number of carbonyl (C=O) groups excluding carboxylic acids is 2. The van der Waals surface area contributed by atoms with Crippen LogP contribution < -0.4 is 5.32 Å². The highest BCUT2D eigenvalue weighted by Crippen LogP contribution is 2.22. The van der Waals surface area contributed by atoms with Gasteiger partial charge in [-0.3, -0.25) is 4.79 Å². The second-order valence-corrected chi connectivity index (χ2v) is 5.64. The predicted octanol–water partition coefficient (Wildman–Crippen LogP) is 4.35. The Kier molecular flexibility index (Phi) is 6.02. The van der Waals surface area contributed by atoms with E-state index in [0.29, 0.717) is 17.1 Å². The molecule has 0 fully saturated rings. The summed E-state index contributed by atoms with van der Waals surface area (Å²) in [6.07, 6.45) is 0.808. The van der Waals surface area contributed by atoms with Crippen molar-refractivity contribution in [1.29, 1.82) is 0 Å². The number of methoxy groups -OCH3 is 1. The summed E-state index contributed by atoms with van der Waals surface area (Å²) in [5, 5.41) is 3.64. The zero-order chi connectivity index (χ0) is 16.8. The number of anilines is 1. The molecule has 6 heteroatoms. The number of benzene rings is 2. The Balaban J connectivity index is 2.00. The summed E-state index contributed by atoms with van der Waals surface area (Å²) >= 11 is 12.0. The molecular formula is C17H15Cl2NO3. The van der Waals surface area contributed by atoms with E-state index in [1.807, 2.05) is 18.2 Å². The lowest BCUT2D eigenvalue weighted by Crippen LogP contribution is -2.13. The van der Waals surface area contributed by atoms with Crippen LogP contribution in [0.5, 0.6) is 0 Å².